The van der Waals surface area contributed by atoms with Gasteiger partial charge in [0.05, 0.1) is 5.92 Å². The minimum atomic E-state index is -0.411. The van der Waals surface area contributed by atoms with Gasteiger partial charge in [-0.15, -0.1) is 0 Å². The first kappa shape index (κ1) is 18.2. The highest BCUT2D eigenvalue weighted by Gasteiger charge is 2.35. The molecule has 2 aliphatic heterocycles. The molecule has 2 fully saturated rings. The van der Waals surface area contributed by atoms with Gasteiger partial charge >= 0.3 is 0 Å². The number of hydrogen-bond donors (Lipinski definition) is 1. The van der Waals surface area contributed by atoms with E-state index in [9.17, 15) is 14.4 Å². The number of carbonyl (C=O) groups excluding carboxylic acids is 3. The van der Waals surface area contributed by atoms with Crippen LogP contribution in [0.3, 0.4) is 0 Å². The van der Waals surface area contributed by atoms with Crippen LogP contribution < -0.4 is 10.2 Å². The predicted molar refractivity (Wildman–Crippen MR) is 107 cm³/mol. The van der Waals surface area contributed by atoms with Crippen molar-refractivity contribution in [3.8, 4) is 0 Å². The van der Waals surface area contributed by atoms with Gasteiger partial charge in [-0.1, -0.05) is 24.3 Å². The Hall–Kier alpha value is -3.15. The number of para-hydroxylation sites is 1. The third-order valence-electron chi connectivity index (χ3n) is 5.33. The van der Waals surface area contributed by atoms with Crippen LogP contribution in [0.25, 0.3) is 0 Å². The topological polar surface area (TPSA) is 69.7 Å². The number of amides is 3. The minimum absolute atomic E-state index is 0.0000964. The number of anilines is 2. The van der Waals surface area contributed by atoms with Gasteiger partial charge in [0.25, 0.3) is 5.91 Å². The van der Waals surface area contributed by atoms with Crippen molar-refractivity contribution in [1.82, 2.24) is 4.90 Å². The molecule has 144 valence electrons. The molecule has 4 rings (SSSR count). The maximum Gasteiger partial charge on any atom is 0.253 e. The number of benzene rings is 2. The monoisotopic (exact) mass is 377 g/mol. The average Bonchev–Trinajstić information content (AvgIpc) is 3.38. The fourth-order valence-corrected chi connectivity index (χ4v) is 3.82. The van der Waals surface area contributed by atoms with Crippen LogP contribution in [-0.2, 0) is 9.59 Å². The van der Waals surface area contributed by atoms with Gasteiger partial charge in [-0.3, -0.25) is 14.4 Å². The molecule has 2 saturated heterocycles. The van der Waals surface area contributed by atoms with E-state index in [1.54, 1.807) is 29.2 Å². The lowest BCUT2D eigenvalue weighted by Gasteiger charge is -2.17. The Kier molecular flexibility index (Phi) is 5.10. The molecule has 1 N–H and O–H groups in total. The summed E-state index contributed by atoms with van der Waals surface area (Å²) in [6, 6.07) is 16.4. The third kappa shape index (κ3) is 3.76. The molecule has 2 aliphatic rings. The summed E-state index contributed by atoms with van der Waals surface area (Å²) in [4.78, 5) is 41.1. The summed E-state index contributed by atoms with van der Waals surface area (Å²) in [6.45, 7) is 1.94. The average molecular weight is 377 g/mol. The second-order valence-corrected chi connectivity index (χ2v) is 7.31. The maximum atomic E-state index is 12.7. The lowest BCUT2D eigenvalue weighted by molar-refractivity contribution is -0.122. The molecular formula is C22H23N3O3. The van der Waals surface area contributed by atoms with Crippen LogP contribution in [-0.4, -0.2) is 42.3 Å². The Morgan fingerprint density at radius 2 is 1.71 bits per heavy atom. The van der Waals surface area contributed by atoms with E-state index in [2.05, 4.69) is 5.32 Å². The highest BCUT2D eigenvalue weighted by Crippen LogP contribution is 2.26. The minimum Gasteiger partial charge on any atom is -0.339 e. The van der Waals surface area contributed by atoms with E-state index in [4.69, 9.17) is 0 Å². The Bertz CT molecular complexity index is 891. The zero-order valence-corrected chi connectivity index (χ0v) is 15.6. The molecule has 6 heteroatoms. The molecule has 3 amide bonds. The Balaban J connectivity index is 1.42. The van der Waals surface area contributed by atoms with Crippen molar-refractivity contribution in [3.63, 3.8) is 0 Å². The van der Waals surface area contributed by atoms with E-state index in [0.29, 0.717) is 17.8 Å². The van der Waals surface area contributed by atoms with E-state index in [1.165, 1.54) is 0 Å². The van der Waals surface area contributed by atoms with Crippen LogP contribution in [0.5, 0.6) is 0 Å². The van der Waals surface area contributed by atoms with Gasteiger partial charge in [-0.2, -0.15) is 0 Å². The number of nitrogens with one attached hydrogen (secondary N) is 1. The molecule has 0 saturated carbocycles. The van der Waals surface area contributed by atoms with Gasteiger partial charge in [-0.05, 0) is 43.2 Å². The number of likely N-dealkylation sites (tertiary alicyclic amines) is 1. The maximum absolute atomic E-state index is 12.7. The number of rotatable bonds is 4. The van der Waals surface area contributed by atoms with Gasteiger partial charge < -0.3 is 15.1 Å². The summed E-state index contributed by atoms with van der Waals surface area (Å²) in [5, 5.41) is 2.87. The molecule has 0 aliphatic carbocycles. The van der Waals surface area contributed by atoms with E-state index in [0.717, 1.165) is 31.6 Å². The molecule has 6 nitrogen and oxygen atoms in total. The molecule has 2 aromatic carbocycles. The lowest BCUT2D eigenvalue weighted by Crippen LogP contribution is -2.29. The normalized spacial score (nSPS) is 19.1. The summed E-state index contributed by atoms with van der Waals surface area (Å²) >= 11 is 0. The van der Waals surface area contributed by atoms with Crippen LogP contribution >= 0.6 is 0 Å². The summed E-state index contributed by atoms with van der Waals surface area (Å²) in [6.07, 6.45) is 2.26. The molecule has 0 radical (unpaired) electrons. The summed E-state index contributed by atoms with van der Waals surface area (Å²) in [7, 11) is 0. The molecule has 0 spiro atoms. The van der Waals surface area contributed by atoms with Crippen LogP contribution in [0, 0.1) is 5.92 Å². The first-order valence-electron chi connectivity index (χ1n) is 9.67. The largest absolute Gasteiger partial charge is 0.339 e. The zero-order valence-electron chi connectivity index (χ0n) is 15.6. The Labute approximate surface area is 164 Å². The molecule has 1 unspecified atom stereocenters. The van der Waals surface area contributed by atoms with Crippen molar-refractivity contribution in [2.24, 2.45) is 5.92 Å². The van der Waals surface area contributed by atoms with Crippen molar-refractivity contribution < 1.29 is 14.4 Å². The fraction of sp³-hybridized carbons (Fsp3) is 0.318. The van der Waals surface area contributed by atoms with Crippen LogP contribution in [0.15, 0.2) is 54.6 Å². The first-order valence-corrected chi connectivity index (χ1v) is 9.67. The van der Waals surface area contributed by atoms with Crippen LogP contribution in [0.1, 0.15) is 29.6 Å². The zero-order chi connectivity index (χ0) is 19.5. The predicted octanol–water partition coefficient (Wildman–Crippen LogP) is 2.91. The van der Waals surface area contributed by atoms with Crippen molar-refractivity contribution in [1.29, 1.82) is 0 Å². The molecule has 1 atom stereocenters. The lowest BCUT2D eigenvalue weighted by atomic mass is 10.1. The molecular weight excluding hydrogens is 354 g/mol. The molecule has 2 aromatic rings. The molecule has 0 bridgehead atoms. The van der Waals surface area contributed by atoms with Gasteiger partial charge in [0.1, 0.15) is 0 Å². The van der Waals surface area contributed by atoms with E-state index < -0.39 is 5.92 Å². The van der Waals surface area contributed by atoms with E-state index in [-0.39, 0.29) is 24.1 Å². The standard InChI is InChI=1S/C22H23N3O3/c26-20-14-17(15-25(20)19-9-2-1-3-10-19)21(27)23-18-8-6-7-16(13-18)22(28)24-11-4-5-12-24/h1-3,6-10,13,17H,4-5,11-12,14-15H2,(H,23,27). The van der Waals surface area contributed by atoms with Crippen molar-refractivity contribution in [2.75, 3.05) is 29.9 Å². The second-order valence-electron chi connectivity index (χ2n) is 7.31. The van der Waals surface area contributed by atoms with Crippen molar-refractivity contribution in [3.05, 3.63) is 60.2 Å². The van der Waals surface area contributed by atoms with E-state index in [1.807, 2.05) is 35.2 Å². The number of hydrogen-bond acceptors (Lipinski definition) is 3. The summed E-state index contributed by atoms with van der Waals surface area (Å²) < 4.78 is 0. The van der Waals surface area contributed by atoms with Crippen molar-refractivity contribution in [2.45, 2.75) is 19.3 Å². The molecule has 0 aromatic heterocycles. The first-order chi connectivity index (χ1) is 13.6. The molecule has 2 heterocycles. The molecule has 28 heavy (non-hydrogen) atoms. The smallest absolute Gasteiger partial charge is 0.253 e. The highest BCUT2D eigenvalue weighted by molar-refractivity contribution is 6.04. The highest BCUT2D eigenvalue weighted by atomic mass is 16.2. The van der Waals surface area contributed by atoms with Gasteiger partial charge in [0.15, 0.2) is 0 Å². The second kappa shape index (κ2) is 7.84. The van der Waals surface area contributed by atoms with Gasteiger partial charge in [0.2, 0.25) is 11.8 Å². The van der Waals surface area contributed by atoms with Crippen LogP contribution in [0.4, 0.5) is 11.4 Å². The Morgan fingerprint density at radius 1 is 0.964 bits per heavy atom. The third-order valence-corrected chi connectivity index (χ3v) is 5.33. The SMILES string of the molecule is O=C(Nc1cccc(C(=O)N2CCCC2)c1)C1CC(=O)N(c2ccccc2)C1. The van der Waals surface area contributed by atoms with Gasteiger partial charge in [0, 0.05) is 43.0 Å². The van der Waals surface area contributed by atoms with Gasteiger partial charge in [-0.25, -0.2) is 0 Å². The number of nitrogens with zero attached hydrogens (tertiary/aromatic N) is 2. The van der Waals surface area contributed by atoms with E-state index >= 15 is 0 Å². The quantitative estimate of drug-likeness (QED) is 0.891. The van der Waals surface area contributed by atoms with Crippen LogP contribution in [0.2, 0.25) is 0 Å². The summed E-state index contributed by atoms with van der Waals surface area (Å²) in [5.74, 6) is -0.660. The summed E-state index contributed by atoms with van der Waals surface area (Å²) in [5.41, 5.74) is 1.97. The van der Waals surface area contributed by atoms with Crippen molar-refractivity contribution >= 4 is 29.1 Å². The fourth-order valence-electron chi connectivity index (χ4n) is 3.82. The Morgan fingerprint density at radius 3 is 2.46 bits per heavy atom. The number of carbonyl (C=O) groups is 3.